The number of aliphatic hydroxyl groups excluding tert-OH is 1. The van der Waals surface area contributed by atoms with E-state index in [-0.39, 0.29) is 24.2 Å². The summed E-state index contributed by atoms with van der Waals surface area (Å²) in [4.78, 5) is 14.5. The SMILES string of the molecule is O=C(OCC1c2ccccc2-c2ccccc21)N1C[C@@H]2C[C@@H](O)C[C@H]1C2. The van der Waals surface area contributed by atoms with Crippen molar-refractivity contribution in [3.05, 3.63) is 59.7 Å². The van der Waals surface area contributed by atoms with E-state index in [9.17, 15) is 9.90 Å². The van der Waals surface area contributed by atoms with Crippen LogP contribution in [0.2, 0.25) is 0 Å². The molecule has 0 unspecified atom stereocenters. The molecule has 2 aromatic carbocycles. The Balaban J connectivity index is 1.34. The highest BCUT2D eigenvalue weighted by Gasteiger charge is 2.42. The van der Waals surface area contributed by atoms with Gasteiger partial charge in [0.2, 0.25) is 0 Å². The number of ether oxygens (including phenoxy) is 1. The second-order valence-corrected chi connectivity index (χ2v) is 7.84. The van der Waals surface area contributed by atoms with Gasteiger partial charge in [-0.1, -0.05) is 48.5 Å². The first-order chi connectivity index (χ1) is 12.7. The third-order valence-electron chi connectivity index (χ3n) is 6.22. The van der Waals surface area contributed by atoms with E-state index in [0.717, 1.165) is 19.4 Å². The first-order valence-electron chi connectivity index (χ1n) is 9.50. The summed E-state index contributed by atoms with van der Waals surface area (Å²) in [5.74, 6) is 0.517. The standard InChI is InChI=1S/C22H23NO3/c24-16-10-14-9-15(11-16)23(12-14)22(25)26-13-21-19-7-3-1-5-17(19)18-6-2-4-8-20(18)21/h1-8,14-16,21,24H,9-13H2/t14-,15+,16+/m0/s1. The number of benzene rings is 2. The summed E-state index contributed by atoms with van der Waals surface area (Å²) in [7, 11) is 0. The van der Waals surface area contributed by atoms with Gasteiger partial charge in [-0.3, -0.25) is 0 Å². The van der Waals surface area contributed by atoms with Crippen LogP contribution in [0.4, 0.5) is 4.79 Å². The minimum absolute atomic E-state index is 0.0962. The van der Waals surface area contributed by atoms with Crippen molar-refractivity contribution >= 4 is 6.09 Å². The van der Waals surface area contributed by atoms with Gasteiger partial charge < -0.3 is 14.7 Å². The molecule has 5 rings (SSSR count). The number of aliphatic hydroxyl groups is 1. The van der Waals surface area contributed by atoms with E-state index in [1.54, 1.807) is 0 Å². The molecule has 0 radical (unpaired) electrons. The minimum atomic E-state index is -0.273. The zero-order valence-corrected chi connectivity index (χ0v) is 14.7. The van der Waals surface area contributed by atoms with Crippen molar-refractivity contribution in [1.82, 2.24) is 4.90 Å². The van der Waals surface area contributed by atoms with Gasteiger partial charge in [0, 0.05) is 18.5 Å². The van der Waals surface area contributed by atoms with Crippen LogP contribution in [0.3, 0.4) is 0 Å². The van der Waals surface area contributed by atoms with Gasteiger partial charge in [-0.05, 0) is 47.4 Å². The Labute approximate surface area is 153 Å². The number of carbonyl (C=O) groups is 1. The minimum Gasteiger partial charge on any atom is -0.448 e. The van der Waals surface area contributed by atoms with Crippen molar-refractivity contribution in [3.63, 3.8) is 0 Å². The van der Waals surface area contributed by atoms with E-state index in [2.05, 4.69) is 36.4 Å². The van der Waals surface area contributed by atoms with E-state index < -0.39 is 0 Å². The van der Waals surface area contributed by atoms with Crippen molar-refractivity contribution in [2.45, 2.75) is 37.3 Å². The summed E-state index contributed by atoms with van der Waals surface area (Å²) in [6.45, 7) is 1.09. The summed E-state index contributed by atoms with van der Waals surface area (Å²) >= 11 is 0. The number of hydrogen-bond acceptors (Lipinski definition) is 3. The summed E-state index contributed by atoms with van der Waals surface area (Å²) in [6.07, 6.45) is 1.99. The van der Waals surface area contributed by atoms with Crippen LogP contribution < -0.4 is 0 Å². The molecular weight excluding hydrogens is 326 g/mol. The Hall–Kier alpha value is -2.33. The van der Waals surface area contributed by atoms with Gasteiger partial charge in [-0.2, -0.15) is 0 Å². The summed E-state index contributed by atoms with van der Waals surface area (Å²) < 4.78 is 5.77. The van der Waals surface area contributed by atoms with Crippen LogP contribution in [-0.4, -0.2) is 41.4 Å². The number of amides is 1. The molecule has 2 aromatic rings. The summed E-state index contributed by atoms with van der Waals surface area (Å²) in [5.41, 5.74) is 4.95. The average molecular weight is 349 g/mol. The highest BCUT2D eigenvalue weighted by Crippen LogP contribution is 2.44. The van der Waals surface area contributed by atoms with Gasteiger partial charge in [0.15, 0.2) is 0 Å². The Morgan fingerprint density at radius 1 is 1.00 bits per heavy atom. The molecule has 0 aromatic heterocycles. The molecule has 1 heterocycles. The highest BCUT2D eigenvalue weighted by atomic mass is 16.6. The van der Waals surface area contributed by atoms with Gasteiger partial charge in [0.1, 0.15) is 6.61 Å². The number of nitrogens with zero attached hydrogens (tertiary/aromatic N) is 1. The molecule has 1 N–H and O–H groups in total. The highest BCUT2D eigenvalue weighted by molar-refractivity contribution is 5.79. The molecule has 2 bridgehead atoms. The first-order valence-corrected chi connectivity index (χ1v) is 9.50. The van der Waals surface area contributed by atoms with Gasteiger partial charge >= 0.3 is 6.09 Å². The maximum absolute atomic E-state index is 12.7. The van der Waals surface area contributed by atoms with E-state index >= 15 is 0 Å². The van der Waals surface area contributed by atoms with E-state index in [0.29, 0.717) is 18.9 Å². The van der Waals surface area contributed by atoms with Crippen LogP contribution in [0.15, 0.2) is 48.5 Å². The molecule has 26 heavy (non-hydrogen) atoms. The smallest absolute Gasteiger partial charge is 0.410 e. The van der Waals surface area contributed by atoms with Crippen LogP contribution >= 0.6 is 0 Å². The Morgan fingerprint density at radius 2 is 1.65 bits per heavy atom. The second kappa shape index (κ2) is 6.13. The van der Waals surface area contributed by atoms with Crippen molar-refractivity contribution in [3.8, 4) is 11.1 Å². The fourth-order valence-corrected chi connectivity index (χ4v) is 5.10. The first kappa shape index (κ1) is 15.9. The van der Waals surface area contributed by atoms with Crippen LogP contribution in [0.25, 0.3) is 11.1 Å². The van der Waals surface area contributed by atoms with Gasteiger partial charge in [-0.25, -0.2) is 4.79 Å². The van der Waals surface area contributed by atoms with Crippen LogP contribution in [-0.2, 0) is 4.74 Å². The fraction of sp³-hybridized carbons (Fsp3) is 0.409. The maximum Gasteiger partial charge on any atom is 0.410 e. The molecule has 3 aliphatic rings. The monoisotopic (exact) mass is 349 g/mol. The second-order valence-electron chi connectivity index (χ2n) is 7.84. The lowest BCUT2D eigenvalue weighted by molar-refractivity contribution is 0.0779. The van der Waals surface area contributed by atoms with E-state index in [1.165, 1.54) is 22.3 Å². The lowest BCUT2D eigenvalue weighted by Crippen LogP contribution is -2.37. The Kier molecular flexibility index (Phi) is 3.75. The molecule has 2 aliphatic carbocycles. The lowest BCUT2D eigenvalue weighted by atomic mass is 9.88. The van der Waals surface area contributed by atoms with Crippen LogP contribution in [0, 0.1) is 5.92 Å². The average Bonchev–Trinajstić information content (AvgIpc) is 3.14. The zero-order valence-electron chi connectivity index (χ0n) is 14.7. The molecule has 4 heteroatoms. The number of hydrogen-bond donors (Lipinski definition) is 1. The molecule has 1 aliphatic heterocycles. The van der Waals surface area contributed by atoms with Crippen molar-refractivity contribution in [2.75, 3.05) is 13.2 Å². The Morgan fingerprint density at radius 3 is 2.35 bits per heavy atom. The molecule has 4 nitrogen and oxygen atoms in total. The van der Waals surface area contributed by atoms with Gasteiger partial charge in [0.05, 0.1) is 6.10 Å². The lowest BCUT2D eigenvalue weighted by Gasteiger charge is -2.27. The van der Waals surface area contributed by atoms with Crippen molar-refractivity contribution < 1.29 is 14.6 Å². The van der Waals surface area contributed by atoms with Crippen molar-refractivity contribution in [1.29, 1.82) is 0 Å². The predicted molar refractivity (Wildman–Crippen MR) is 98.9 cm³/mol. The molecule has 1 saturated carbocycles. The molecule has 2 fully saturated rings. The van der Waals surface area contributed by atoms with Crippen LogP contribution in [0.1, 0.15) is 36.3 Å². The largest absolute Gasteiger partial charge is 0.448 e. The van der Waals surface area contributed by atoms with E-state index in [4.69, 9.17) is 4.74 Å². The summed E-state index contributed by atoms with van der Waals surface area (Å²) in [6, 6.07) is 16.9. The molecule has 3 atom stereocenters. The zero-order chi connectivity index (χ0) is 17.7. The van der Waals surface area contributed by atoms with Crippen LogP contribution in [0.5, 0.6) is 0 Å². The molecule has 1 saturated heterocycles. The predicted octanol–water partition coefficient (Wildman–Crippen LogP) is 3.78. The van der Waals surface area contributed by atoms with Crippen molar-refractivity contribution in [2.24, 2.45) is 5.92 Å². The molecule has 1 amide bonds. The number of carbonyl (C=O) groups excluding carboxylic acids is 1. The number of rotatable bonds is 2. The molecular formula is C22H23NO3. The number of fused-ring (bicyclic) bond motifs is 5. The third kappa shape index (κ3) is 2.52. The Bertz CT molecular complexity index is 803. The summed E-state index contributed by atoms with van der Waals surface area (Å²) in [5, 5.41) is 9.93. The quantitative estimate of drug-likeness (QED) is 0.898. The van der Waals surface area contributed by atoms with Gasteiger partial charge in [-0.15, -0.1) is 0 Å². The maximum atomic E-state index is 12.7. The van der Waals surface area contributed by atoms with E-state index in [1.807, 2.05) is 17.0 Å². The third-order valence-corrected chi connectivity index (χ3v) is 6.22. The topological polar surface area (TPSA) is 49.8 Å². The van der Waals surface area contributed by atoms with Gasteiger partial charge in [0.25, 0.3) is 0 Å². The molecule has 0 spiro atoms. The number of likely N-dealkylation sites (tertiary alicyclic amines) is 1. The molecule has 134 valence electrons. The normalized spacial score (nSPS) is 26.5. The fourth-order valence-electron chi connectivity index (χ4n) is 5.10.